The number of ether oxygens (including phenoxy) is 1. The Balaban J connectivity index is 2.83. The molecule has 0 bridgehead atoms. The summed E-state index contributed by atoms with van der Waals surface area (Å²) in [5.41, 5.74) is 0. The number of aliphatic hydroxyl groups excluding tert-OH is 3. The Morgan fingerprint density at radius 2 is 1.69 bits per heavy atom. The molecule has 3 N–H and O–H groups in total. The average Bonchev–Trinajstić information content (AvgIpc) is 2.56. The molecule has 0 aromatic heterocycles. The largest absolute Gasteiger partial charge is 0.388 e. The number of rotatable bonds is 2. The monoisotopic (exact) mass is 375 g/mol. The Morgan fingerprint density at radius 3 is 2.31 bits per heavy atom. The molecular weight excluding hydrogens is 342 g/mol. The van der Waals surface area contributed by atoms with E-state index >= 15 is 0 Å². The summed E-state index contributed by atoms with van der Waals surface area (Å²) in [5.74, 6) is -0.295. The van der Waals surface area contributed by atoms with Crippen molar-refractivity contribution >= 4 is 11.8 Å². The van der Waals surface area contributed by atoms with Gasteiger partial charge in [0.15, 0.2) is 0 Å². The number of likely N-dealkylation sites (N-methyl/N-ethyl adjacent to an activating group) is 1. The highest BCUT2D eigenvalue weighted by Crippen LogP contribution is 2.07. The van der Waals surface area contributed by atoms with Crippen LogP contribution in [0.1, 0.15) is 19.8 Å². The van der Waals surface area contributed by atoms with Crippen LogP contribution in [0.4, 0.5) is 0 Å². The van der Waals surface area contributed by atoms with Crippen LogP contribution in [-0.2, 0) is 14.3 Å². The molecule has 0 aliphatic carbocycles. The molecule has 9 heteroatoms. The Morgan fingerprint density at radius 1 is 1.04 bits per heavy atom. The molecular formula is C17H33N3O6. The first-order valence-corrected chi connectivity index (χ1v) is 9.02. The zero-order valence-corrected chi connectivity index (χ0v) is 16.0. The lowest BCUT2D eigenvalue weighted by Crippen LogP contribution is -2.50. The normalized spacial score (nSPS) is 27.3. The molecule has 26 heavy (non-hydrogen) atoms. The molecule has 1 aliphatic rings. The van der Waals surface area contributed by atoms with Crippen molar-refractivity contribution in [3.63, 3.8) is 0 Å². The lowest BCUT2D eigenvalue weighted by atomic mass is 10.1. The van der Waals surface area contributed by atoms with E-state index in [1.165, 1.54) is 11.8 Å². The maximum atomic E-state index is 12.4. The number of hydrogen-bond donors (Lipinski definition) is 3. The fourth-order valence-corrected chi connectivity index (χ4v) is 2.75. The SMILES string of the molecule is CC(=O)N1CCN(C(=O)CN(C)C)CCCCOC[C@@H](O)[C@H](O)[C@@H](O)C1. The van der Waals surface area contributed by atoms with Gasteiger partial charge in [0.2, 0.25) is 11.8 Å². The predicted molar refractivity (Wildman–Crippen MR) is 95.5 cm³/mol. The van der Waals surface area contributed by atoms with E-state index in [9.17, 15) is 24.9 Å². The quantitative estimate of drug-likeness (QED) is 0.517. The van der Waals surface area contributed by atoms with Gasteiger partial charge >= 0.3 is 0 Å². The average molecular weight is 375 g/mol. The summed E-state index contributed by atoms with van der Waals surface area (Å²) in [6.07, 6.45) is -2.49. The van der Waals surface area contributed by atoms with Crippen molar-refractivity contribution in [2.24, 2.45) is 0 Å². The van der Waals surface area contributed by atoms with E-state index in [2.05, 4.69) is 0 Å². The topological polar surface area (TPSA) is 114 Å². The molecule has 0 aromatic rings. The minimum absolute atomic E-state index is 0.0254. The first-order chi connectivity index (χ1) is 12.2. The van der Waals surface area contributed by atoms with Gasteiger partial charge in [-0.05, 0) is 26.9 Å². The van der Waals surface area contributed by atoms with Crippen LogP contribution in [0.2, 0.25) is 0 Å². The van der Waals surface area contributed by atoms with Crippen LogP contribution >= 0.6 is 0 Å². The van der Waals surface area contributed by atoms with Gasteiger partial charge in [0, 0.05) is 39.7 Å². The lowest BCUT2D eigenvalue weighted by molar-refractivity contribution is -0.138. The molecule has 1 fully saturated rings. The second-order valence-electron chi connectivity index (χ2n) is 6.99. The first kappa shape index (κ1) is 22.8. The van der Waals surface area contributed by atoms with Crippen molar-refractivity contribution in [3.05, 3.63) is 0 Å². The summed E-state index contributed by atoms with van der Waals surface area (Å²) in [5, 5.41) is 30.0. The number of carbonyl (C=O) groups excluding carboxylic acids is 2. The Hall–Kier alpha value is -1.26. The third-order valence-corrected chi connectivity index (χ3v) is 4.34. The van der Waals surface area contributed by atoms with Gasteiger partial charge in [-0.15, -0.1) is 0 Å². The number of carbonyl (C=O) groups is 2. The van der Waals surface area contributed by atoms with Gasteiger partial charge < -0.3 is 34.8 Å². The third kappa shape index (κ3) is 7.96. The van der Waals surface area contributed by atoms with Gasteiger partial charge in [0.05, 0.1) is 13.2 Å². The van der Waals surface area contributed by atoms with Crippen molar-refractivity contribution in [2.45, 2.75) is 38.1 Å². The van der Waals surface area contributed by atoms with Crippen molar-refractivity contribution < 1.29 is 29.6 Å². The molecule has 1 rings (SSSR count). The zero-order valence-electron chi connectivity index (χ0n) is 16.0. The minimum Gasteiger partial charge on any atom is -0.388 e. The second kappa shape index (κ2) is 11.5. The number of β-amino-alcohol motifs (C(OH)–C–C–N with tert-alkyl or cyclic N) is 1. The fraction of sp³-hybridized carbons (Fsp3) is 0.882. The van der Waals surface area contributed by atoms with Gasteiger partial charge in [-0.1, -0.05) is 0 Å². The Bertz CT molecular complexity index is 448. The highest BCUT2D eigenvalue weighted by Gasteiger charge is 2.28. The molecule has 1 aliphatic heterocycles. The van der Waals surface area contributed by atoms with E-state index in [0.29, 0.717) is 26.1 Å². The first-order valence-electron chi connectivity index (χ1n) is 9.02. The van der Waals surface area contributed by atoms with Crippen LogP contribution in [-0.4, -0.2) is 120 Å². The summed E-state index contributed by atoms with van der Waals surface area (Å²) >= 11 is 0. The molecule has 1 saturated heterocycles. The van der Waals surface area contributed by atoms with E-state index in [0.717, 1.165) is 6.42 Å². The molecule has 0 spiro atoms. The van der Waals surface area contributed by atoms with Crippen LogP contribution in [0.5, 0.6) is 0 Å². The molecule has 0 radical (unpaired) electrons. The molecule has 0 unspecified atom stereocenters. The van der Waals surface area contributed by atoms with E-state index in [-0.39, 0.29) is 38.1 Å². The minimum atomic E-state index is -1.41. The maximum absolute atomic E-state index is 12.4. The van der Waals surface area contributed by atoms with Crippen LogP contribution < -0.4 is 0 Å². The number of amides is 2. The summed E-state index contributed by atoms with van der Waals surface area (Å²) in [6.45, 7) is 2.98. The standard InChI is InChI=1S/C17H33N3O6/c1-13(21)20-8-7-19(16(24)11-18(2)3)6-4-5-9-26-12-15(23)17(25)14(22)10-20/h14-15,17,22-23,25H,4-12H2,1-3H3/t14-,15+,17+/m0/s1. The van der Waals surface area contributed by atoms with E-state index in [1.54, 1.807) is 9.80 Å². The van der Waals surface area contributed by atoms with Gasteiger partial charge in [-0.25, -0.2) is 0 Å². The number of aliphatic hydroxyl groups is 3. The summed E-state index contributed by atoms with van der Waals surface area (Å²) < 4.78 is 5.33. The Kier molecular flexibility index (Phi) is 10.0. The van der Waals surface area contributed by atoms with Gasteiger partial charge in [0.1, 0.15) is 18.3 Å². The van der Waals surface area contributed by atoms with Crippen LogP contribution in [0.15, 0.2) is 0 Å². The van der Waals surface area contributed by atoms with E-state index in [4.69, 9.17) is 4.74 Å². The van der Waals surface area contributed by atoms with Crippen LogP contribution in [0.3, 0.4) is 0 Å². The van der Waals surface area contributed by atoms with Crippen LogP contribution in [0.25, 0.3) is 0 Å². The highest BCUT2D eigenvalue weighted by atomic mass is 16.5. The molecule has 2 amide bonds. The molecule has 1 heterocycles. The van der Waals surface area contributed by atoms with Gasteiger partial charge in [-0.2, -0.15) is 0 Å². The smallest absolute Gasteiger partial charge is 0.236 e. The molecule has 3 atom stereocenters. The van der Waals surface area contributed by atoms with Crippen molar-refractivity contribution in [2.75, 3.05) is 60.0 Å². The van der Waals surface area contributed by atoms with Crippen LogP contribution in [0, 0.1) is 0 Å². The molecule has 9 nitrogen and oxygen atoms in total. The van der Waals surface area contributed by atoms with E-state index in [1.807, 2.05) is 14.1 Å². The van der Waals surface area contributed by atoms with Crippen molar-refractivity contribution in [1.29, 1.82) is 0 Å². The molecule has 0 saturated carbocycles. The highest BCUT2D eigenvalue weighted by molar-refractivity contribution is 5.78. The summed E-state index contributed by atoms with van der Waals surface area (Å²) in [4.78, 5) is 29.2. The van der Waals surface area contributed by atoms with Crippen molar-refractivity contribution in [1.82, 2.24) is 14.7 Å². The van der Waals surface area contributed by atoms with Crippen molar-refractivity contribution in [3.8, 4) is 0 Å². The van der Waals surface area contributed by atoms with Gasteiger partial charge in [0.25, 0.3) is 0 Å². The number of nitrogens with zero attached hydrogens (tertiary/aromatic N) is 3. The maximum Gasteiger partial charge on any atom is 0.236 e. The predicted octanol–water partition coefficient (Wildman–Crippen LogP) is -1.88. The third-order valence-electron chi connectivity index (χ3n) is 4.34. The molecule has 152 valence electrons. The van der Waals surface area contributed by atoms with E-state index < -0.39 is 18.3 Å². The lowest BCUT2D eigenvalue weighted by Gasteiger charge is -2.31. The Labute approximate surface area is 155 Å². The summed E-state index contributed by atoms with van der Waals surface area (Å²) in [7, 11) is 3.64. The molecule has 0 aromatic carbocycles. The zero-order chi connectivity index (χ0) is 19.7. The van der Waals surface area contributed by atoms with Gasteiger partial charge in [-0.3, -0.25) is 9.59 Å². The fourth-order valence-electron chi connectivity index (χ4n) is 2.75. The number of hydrogen-bond acceptors (Lipinski definition) is 7. The second-order valence-corrected chi connectivity index (χ2v) is 6.99. The summed E-state index contributed by atoms with van der Waals surface area (Å²) in [6, 6.07) is 0.